The van der Waals surface area contributed by atoms with Crippen molar-refractivity contribution in [3.8, 4) is 11.1 Å². The lowest BCUT2D eigenvalue weighted by Gasteiger charge is -2.17. The van der Waals surface area contributed by atoms with E-state index in [-0.39, 0.29) is 5.56 Å². The van der Waals surface area contributed by atoms with Gasteiger partial charge in [-0.25, -0.2) is 0 Å². The first-order valence-corrected chi connectivity index (χ1v) is 10.8. The van der Waals surface area contributed by atoms with Crippen LogP contribution >= 0.6 is 11.8 Å². The number of carbonyl (C=O) groups is 1. The van der Waals surface area contributed by atoms with Crippen LogP contribution in [-0.2, 0) is 11.2 Å². The van der Waals surface area contributed by atoms with Crippen LogP contribution in [0.15, 0.2) is 88.7 Å². The highest BCUT2D eigenvalue weighted by molar-refractivity contribution is 7.99. The molecular weight excluding hydrogens is 392 g/mol. The molecule has 30 heavy (non-hydrogen) atoms. The van der Waals surface area contributed by atoms with Gasteiger partial charge in [0.05, 0.1) is 5.03 Å². The van der Waals surface area contributed by atoms with Gasteiger partial charge < -0.3 is 5.73 Å². The van der Waals surface area contributed by atoms with Crippen LogP contribution in [0.5, 0.6) is 0 Å². The van der Waals surface area contributed by atoms with Gasteiger partial charge in [-0.3, -0.25) is 14.2 Å². The number of nitrogens with zero attached hydrogens (tertiary/aromatic N) is 1. The molecule has 1 aliphatic heterocycles. The molecule has 0 spiro atoms. The normalized spacial score (nSPS) is 15.3. The molecule has 1 aliphatic rings. The van der Waals surface area contributed by atoms with Crippen LogP contribution < -0.4 is 11.3 Å². The first-order valence-electron chi connectivity index (χ1n) is 9.86. The summed E-state index contributed by atoms with van der Waals surface area (Å²) in [5.74, 6) is 0.0199. The number of pyridine rings is 1. The summed E-state index contributed by atoms with van der Waals surface area (Å²) in [5.41, 5.74) is 9.59. The van der Waals surface area contributed by atoms with Crippen LogP contribution in [0.2, 0.25) is 0 Å². The van der Waals surface area contributed by atoms with Crippen molar-refractivity contribution < 1.29 is 4.79 Å². The van der Waals surface area contributed by atoms with Gasteiger partial charge in [0, 0.05) is 17.4 Å². The van der Waals surface area contributed by atoms with Crippen LogP contribution in [0.25, 0.3) is 21.9 Å². The number of primary amides is 1. The Labute approximate surface area is 178 Å². The number of rotatable bonds is 4. The summed E-state index contributed by atoms with van der Waals surface area (Å²) in [6.07, 6.45) is 0.635. The molecule has 148 valence electrons. The van der Waals surface area contributed by atoms with E-state index in [0.29, 0.717) is 12.2 Å². The van der Waals surface area contributed by atoms with Crippen molar-refractivity contribution in [1.29, 1.82) is 0 Å². The monoisotopic (exact) mass is 412 g/mol. The second-order valence-electron chi connectivity index (χ2n) is 7.47. The fraction of sp³-hybridized carbons (Fsp3) is 0.120. The van der Waals surface area contributed by atoms with Crippen molar-refractivity contribution in [3.63, 3.8) is 0 Å². The molecule has 4 aromatic rings. The number of amides is 1. The highest BCUT2D eigenvalue weighted by Crippen LogP contribution is 2.41. The number of hydrogen-bond donors (Lipinski definition) is 1. The fourth-order valence-electron chi connectivity index (χ4n) is 4.23. The summed E-state index contributed by atoms with van der Waals surface area (Å²) in [6.45, 7) is 0. The Morgan fingerprint density at radius 2 is 1.70 bits per heavy atom. The van der Waals surface area contributed by atoms with Crippen molar-refractivity contribution >= 4 is 28.4 Å². The molecule has 3 aromatic carbocycles. The summed E-state index contributed by atoms with van der Waals surface area (Å²) in [5, 5.41) is 3.19. The van der Waals surface area contributed by atoms with Crippen molar-refractivity contribution in [3.05, 3.63) is 100 Å². The molecule has 1 aromatic heterocycles. The third-order valence-corrected chi connectivity index (χ3v) is 6.79. The molecule has 2 heterocycles. The van der Waals surface area contributed by atoms with Gasteiger partial charge in [0.15, 0.2) is 0 Å². The van der Waals surface area contributed by atoms with Crippen LogP contribution in [-0.4, -0.2) is 16.2 Å². The number of nitrogens with two attached hydrogens (primary N) is 1. The molecule has 1 atom stereocenters. The number of fused-ring (bicyclic) bond motifs is 2. The summed E-state index contributed by atoms with van der Waals surface area (Å²) in [4.78, 5) is 25.0. The Morgan fingerprint density at radius 3 is 2.50 bits per heavy atom. The zero-order valence-electron chi connectivity index (χ0n) is 16.2. The van der Waals surface area contributed by atoms with Gasteiger partial charge in [-0.1, -0.05) is 72.8 Å². The molecule has 4 nitrogen and oxygen atoms in total. The predicted octanol–water partition coefficient (Wildman–Crippen LogP) is 4.39. The van der Waals surface area contributed by atoms with E-state index in [4.69, 9.17) is 5.73 Å². The molecule has 0 saturated carbocycles. The Hall–Kier alpha value is -3.31. The highest BCUT2D eigenvalue weighted by atomic mass is 32.2. The summed E-state index contributed by atoms with van der Waals surface area (Å²) >= 11 is 1.53. The van der Waals surface area contributed by atoms with Gasteiger partial charge >= 0.3 is 0 Å². The Balaban J connectivity index is 1.74. The van der Waals surface area contributed by atoms with E-state index in [9.17, 15) is 9.59 Å². The molecule has 0 unspecified atom stereocenters. The van der Waals surface area contributed by atoms with Crippen molar-refractivity contribution in [2.75, 3.05) is 5.75 Å². The molecule has 2 N–H and O–H groups in total. The first kappa shape index (κ1) is 18.7. The maximum absolute atomic E-state index is 13.0. The highest BCUT2D eigenvalue weighted by Gasteiger charge is 2.32. The van der Waals surface area contributed by atoms with E-state index in [1.165, 1.54) is 28.1 Å². The Bertz CT molecular complexity index is 1320. The molecular formula is C25H20N2O2S. The third-order valence-electron chi connectivity index (χ3n) is 5.63. The summed E-state index contributed by atoms with van der Waals surface area (Å²) in [6, 6.07) is 25.7. The maximum atomic E-state index is 13.0. The van der Waals surface area contributed by atoms with Crippen LogP contribution in [0.1, 0.15) is 17.2 Å². The van der Waals surface area contributed by atoms with Crippen molar-refractivity contribution in [2.24, 2.45) is 5.73 Å². The fourth-order valence-corrected chi connectivity index (χ4v) is 5.61. The quantitative estimate of drug-likeness (QED) is 0.541. The van der Waals surface area contributed by atoms with Gasteiger partial charge in [-0.2, -0.15) is 0 Å². The maximum Gasteiger partial charge on any atom is 0.252 e. The molecule has 0 aliphatic carbocycles. The standard InChI is InChI=1S/C25H20N2O2S/c26-24(29)21-15-30-25-23(17-8-2-1-3-9-17)19(14-22(28)27(21)25)13-18-11-6-10-16-7-4-5-12-20(16)18/h1-12,14,21H,13,15H2,(H2,26,29)/t21-/m0/s1. The van der Waals surface area contributed by atoms with Gasteiger partial charge in [-0.15, -0.1) is 11.8 Å². The van der Waals surface area contributed by atoms with Crippen molar-refractivity contribution in [1.82, 2.24) is 4.57 Å². The lowest BCUT2D eigenvalue weighted by atomic mass is 9.93. The van der Waals surface area contributed by atoms with Gasteiger partial charge in [-0.05, 0) is 33.9 Å². The van der Waals surface area contributed by atoms with E-state index >= 15 is 0 Å². The minimum Gasteiger partial charge on any atom is -0.368 e. The molecule has 0 fully saturated rings. The van der Waals surface area contributed by atoms with E-state index in [1.54, 1.807) is 10.6 Å². The zero-order chi connectivity index (χ0) is 20.7. The van der Waals surface area contributed by atoms with Gasteiger partial charge in [0.1, 0.15) is 6.04 Å². The van der Waals surface area contributed by atoms with Gasteiger partial charge in [0.25, 0.3) is 5.56 Å². The summed E-state index contributed by atoms with van der Waals surface area (Å²) < 4.78 is 1.57. The van der Waals surface area contributed by atoms with Gasteiger partial charge in [0.2, 0.25) is 5.91 Å². The molecule has 0 bridgehead atoms. The SMILES string of the molecule is NC(=O)[C@@H]1CSc2c(-c3ccccc3)c(Cc3cccc4ccccc34)cc(=O)n21. The third kappa shape index (κ3) is 3.12. The van der Waals surface area contributed by atoms with Crippen LogP contribution in [0.4, 0.5) is 0 Å². The minimum atomic E-state index is -0.605. The molecule has 5 rings (SSSR count). The second kappa shape index (κ2) is 7.50. The largest absolute Gasteiger partial charge is 0.368 e. The first-order chi connectivity index (χ1) is 14.6. The molecule has 0 saturated heterocycles. The Morgan fingerprint density at radius 1 is 0.967 bits per heavy atom. The average Bonchev–Trinajstić information content (AvgIpc) is 3.21. The average molecular weight is 413 g/mol. The Kier molecular flexibility index (Phi) is 4.68. The second-order valence-corrected chi connectivity index (χ2v) is 8.48. The predicted molar refractivity (Wildman–Crippen MR) is 122 cm³/mol. The zero-order valence-corrected chi connectivity index (χ0v) is 17.1. The van der Waals surface area contributed by atoms with Crippen LogP contribution in [0.3, 0.4) is 0 Å². The van der Waals surface area contributed by atoms with E-state index in [0.717, 1.165) is 21.7 Å². The van der Waals surface area contributed by atoms with Crippen LogP contribution in [0, 0.1) is 0 Å². The number of carbonyl (C=O) groups excluding carboxylic acids is 1. The van der Waals surface area contributed by atoms with E-state index in [1.807, 2.05) is 42.5 Å². The molecule has 5 heteroatoms. The smallest absolute Gasteiger partial charge is 0.252 e. The summed E-state index contributed by atoms with van der Waals surface area (Å²) in [7, 11) is 0. The molecule has 0 radical (unpaired) electrons. The lowest BCUT2D eigenvalue weighted by molar-refractivity contribution is -0.120. The van der Waals surface area contributed by atoms with E-state index in [2.05, 4.69) is 30.3 Å². The molecule has 1 amide bonds. The number of thioether (sulfide) groups is 1. The topological polar surface area (TPSA) is 65.1 Å². The number of aromatic nitrogens is 1. The van der Waals surface area contributed by atoms with Crippen molar-refractivity contribution in [2.45, 2.75) is 17.5 Å². The number of benzene rings is 3. The van der Waals surface area contributed by atoms with E-state index < -0.39 is 11.9 Å². The lowest BCUT2D eigenvalue weighted by Crippen LogP contribution is -2.33. The number of hydrogen-bond acceptors (Lipinski definition) is 3. The minimum absolute atomic E-state index is 0.172.